The molecule has 1 aliphatic carbocycles. The molecule has 1 atom stereocenters. The fourth-order valence-electron chi connectivity index (χ4n) is 3.96. The monoisotopic (exact) mass is 356 g/mol. The molecule has 1 aromatic rings. The van der Waals surface area contributed by atoms with Gasteiger partial charge in [-0.05, 0) is 43.6 Å². The minimum absolute atomic E-state index is 0.0265. The van der Waals surface area contributed by atoms with Crippen LogP contribution in [-0.2, 0) is 14.2 Å². The molecule has 0 spiro atoms. The van der Waals surface area contributed by atoms with E-state index in [1.807, 2.05) is 12.1 Å². The van der Waals surface area contributed by atoms with Crippen LogP contribution in [0.15, 0.2) is 53.5 Å². The lowest BCUT2D eigenvalue weighted by atomic mass is 9.85. The summed E-state index contributed by atoms with van der Waals surface area (Å²) in [4.78, 5) is 0. The van der Waals surface area contributed by atoms with Crippen molar-refractivity contribution in [3.05, 3.63) is 59.1 Å². The average Bonchev–Trinajstić information content (AvgIpc) is 3.36. The molecule has 1 aromatic carbocycles. The van der Waals surface area contributed by atoms with Gasteiger partial charge in [0.1, 0.15) is 18.1 Å². The number of hydrogen-bond acceptors (Lipinski definition) is 4. The summed E-state index contributed by atoms with van der Waals surface area (Å²) in [5.41, 5.74) is 2.32. The number of hydrogen-bond donors (Lipinski definition) is 1. The summed E-state index contributed by atoms with van der Waals surface area (Å²) < 4.78 is 16.9. The van der Waals surface area contributed by atoms with Crippen molar-refractivity contribution >= 4 is 0 Å². The zero-order valence-corrected chi connectivity index (χ0v) is 15.2. The number of rotatable bonds is 8. The molecule has 2 heterocycles. The molecular formula is C22H28O4. The molecule has 2 fully saturated rings. The lowest BCUT2D eigenvalue weighted by Crippen LogP contribution is -2.16. The van der Waals surface area contributed by atoms with Crippen LogP contribution < -0.4 is 0 Å². The second-order valence-electron chi connectivity index (χ2n) is 7.45. The molecule has 1 saturated carbocycles. The fourth-order valence-corrected chi connectivity index (χ4v) is 3.96. The second-order valence-corrected chi connectivity index (χ2v) is 7.45. The molecule has 4 heteroatoms. The Morgan fingerprint density at radius 1 is 1.04 bits per heavy atom. The van der Waals surface area contributed by atoms with Gasteiger partial charge in [0.2, 0.25) is 0 Å². The lowest BCUT2D eigenvalue weighted by molar-refractivity contribution is -0.0480. The van der Waals surface area contributed by atoms with E-state index in [2.05, 4.69) is 24.3 Å². The largest absolute Gasteiger partial charge is 0.508 e. The summed E-state index contributed by atoms with van der Waals surface area (Å²) >= 11 is 0. The van der Waals surface area contributed by atoms with Crippen LogP contribution in [0.5, 0.6) is 0 Å². The van der Waals surface area contributed by atoms with Crippen molar-refractivity contribution in [2.24, 2.45) is 5.92 Å². The third-order valence-electron chi connectivity index (χ3n) is 5.47. The van der Waals surface area contributed by atoms with E-state index >= 15 is 0 Å². The molecule has 1 unspecified atom stereocenters. The summed E-state index contributed by atoms with van der Waals surface area (Å²) in [7, 11) is 0. The van der Waals surface area contributed by atoms with Crippen LogP contribution >= 0.6 is 0 Å². The van der Waals surface area contributed by atoms with E-state index in [0.29, 0.717) is 31.5 Å². The first-order chi connectivity index (χ1) is 12.8. The number of allylic oxidation sites excluding steroid dienone is 2. The Labute approximate surface area is 155 Å². The van der Waals surface area contributed by atoms with Crippen LogP contribution in [0.2, 0.25) is 0 Å². The molecule has 4 nitrogen and oxygen atoms in total. The molecule has 0 radical (unpaired) electrons. The lowest BCUT2D eigenvalue weighted by Gasteiger charge is -2.26. The maximum atomic E-state index is 10.7. The number of benzene rings is 1. The van der Waals surface area contributed by atoms with Crippen molar-refractivity contribution in [1.29, 1.82) is 0 Å². The van der Waals surface area contributed by atoms with E-state index < -0.39 is 0 Å². The maximum absolute atomic E-state index is 10.7. The molecule has 2 aliphatic heterocycles. The molecule has 0 amide bonds. The zero-order chi connectivity index (χ0) is 17.8. The predicted octanol–water partition coefficient (Wildman–Crippen LogP) is 4.84. The third-order valence-corrected chi connectivity index (χ3v) is 5.47. The maximum Gasteiger partial charge on any atom is 0.157 e. The minimum atomic E-state index is -0.0265. The van der Waals surface area contributed by atoms with Gasteiger partial charge in [-0.15, -0.1) is 0 Å². The Morgan fingerprint density at radius 3 is 2.50 bits per heavy atom. The topological polar surface area (TPSA) is 47.9 Å². The number of aliphatic hydroxyl groups excluding tert-OH is 1. The first-order valence-corrected chi connectivity index (χ1v) is 9.85. The van der Waals surface area contributed by atoms with Gasteiger partial charge >= 0.3 is 0 Å². The Morgan fingerprint density at radius 2 is 1.81 bits per heavy atom. The smallest absolute Gasteiger partial charge is 0.157 e. The standard InChI is InChI=1S/C22H28O4/c23-20-14-18(8-4-5-9-21-24-12-13-25-21)26-15-19(20)22(17-10-11-17)16-6-2-1-3-7-16/h1-3,6-7,14,17,21-23H,4-5,8-13,15H2. The third kappa shape index (κ3) is 4.30. The summed E-state index contributed by atoms with van der Waals surface area (Å²) in [5, 5.41) is 10.7. The molecule has 26 heavy (non-hydrogen) atoms. The van der Waals surface area contributed by atoms with Crippen LogP contribution in [0, 0.1) is 5.92 Å². The van der Waals surface area contributed by atoms with Gasteiger partial charge in [-0.2, -0.15) is 0 Å². The first-order valence-electron chi connectivity index (χ1n) is 9.85. The van der Waals surface area contributed by atoms with Crippen LogP contribution in [0.1, 0.15) is 50.0 Å². The van der Waals surface area contributed by atoms with E-state index in [4.69, 9.17) is 14.2 Å². The Hall–Kier alpha value is -1.78. The Bertz CT molecular complexity index is 654. The molecule has 0 bridgehead atoms. The van der Waals surface area contributed by atoms with Crippen LogP contribution in [-0.4, -0.2) is 31.2 Å². The van der Waals surface area contributed by atoms with Crippen molar-refractivity contribution in [3.63, 3.8) is 0 Å². The van der Waals surface area contributed by atoms with Crippen molar-refractivity contribution in [2.75, 3.05) is 19.8 Å². The first kappa shape index (κ1) is 17.6. The summed E-state index contributed by atoms with van der Waals surface area (Å²) in [5.74, 6) is 2.22. The second kappa shape index (κ2) is 8.28. The minimum Gasteiger partial charge on any atom is -0.508 e. The van der Waals surface area contributed by atoms with Gasteiger partial charge in [0.25, 0.3) is 0 Å². The summed E-state index contributed by atoms with van der Waals surface area (Å²) in [6, 6.07) is 10.5. The molecule has 0 aromatic heterocycles. The van der Waals surface area contributed by atoms with Crippen molar-refractivity contribution in [3.8, 4) is 0 Å². The molecule has 1 N–H and O–H groups in total. The Kier molecular flexibility index (Phi) is 5.61. The van der Waals surface area contributed by atoms with Crippen molar-refractivity contribution in [2.45, 2.75) is 50.7 Å². The average molecular weight is 356 g/mol. The van der Waals surface area contributed by atoms with Gasteiger partial charge in [0, 0.05) is 24.0 Å². The highest BCUT2D eigenvalue weighted by Gasteiger charge is 2.37. The zero-order valence-electron chi connectivity index (χ0n) is 15.2. The van der Waals surface area contributed by atoms with Crippen LogP contribution in [0.4, 0.5) is 0 Å². The van der Waals surface area contributed by atoms with E-state index in [-0.39, 0.29) is 12.2 Å². The highest BCUT2D eigenvalue weighted by atomic mass is 16.7. The van der Waals surface area contributed by atoms with Crippen molar-refractivity contribution < 1.29 is 19.3 Å². The highest BCUT2D eigenvalue weighted by molar-refractivity contribution is 5.37. The summed E-state index contributed by atoms with van der Waals surface area (Å²) in [6.45, 7) is 1.93. The molecule has 1 saturated heterocycles. The van der Waals surface area contributed by atoms with E-state index in [1.54, 1.807) is 0 Å². The quantitative estimate of drug-likeness (QED) is 0.677. The van der Waals surface area contributed by atoms with Gasteiger partial charge in [-0.1, -0.05) is 30.3 Å². The van der Waals surface area contributed by atoms with Crippen LogP contribution in [0.3, 0.4) is 0 Å². The van der Waals surface area contributed by atoms with Gasteiger partial charge < -0.3 is 19.3 Å². The van der Waals surface area contributed by atoms with Crippen LogP contribution in [0.25, 0.3) is 0 Å². The number of aliphatic hydroxyl groups is 1. The Balaban J connectivity index is 1.36. The highest BCUT2D eigenvalue weighted by Crippen LogP contribution is 2.48. The predicted molar refractivity (Wildman–Crippen MR) is 99.8 cm³/mol. The normalized spacial score (nSPS) is 22.2. The van der Waals surface area contributed by atoms with E-state index in [9.17, 15) is 5.11 Å². The molecular weight excluding hydrogens is 328 g/mol. The molecule has 3 aliphatic rings. The van der Waals surface area contributed by atoms with Gasteiger partial charge in [0.15, 0.2) is 6.29 Å². The number of ether oxygens (including phenoxy) is 3. The molecule has 140 valence electrons. The SMILES string of the molecule is OC1=C(C(c2ccccc2)C2CC2)COC(CCCCC2OCCO2)=C1. The van der Waals surface area contributed by atoms with Gasteiger partial charge in [-0.25, -0.2) is 0 Å². The fraction of sp³-hybridized carbons (Fsp3) is 0.545. The number of unbranched alkanes of at least 4 members (excludes halogenated alkanes) is 1. The van der Waals surface area contributed by atoms with E-state index in [0.717, 1.165) is 37.0 Å². The van der Waals surface area contributed by atoms with Crippen molar-refractivity contribution in [1.82, 2.24) is 0 Å². The summed E-state index contributed by atoms with van der Waals surface area (Å²) in [6.07, 6.45) is 8.11. The van der Waals surface area contributed by atoms with E-state index in [1.165, 1.54) is 18.4 Å². The molecule has 4 rings (SSSR count). The van der Waals surface area contributed by atoms with Gasteiger partial charge in [0.05, 0.1) is 13.2 Å². The van der Waals surface area contributed by atoms with Gasteiger partial charge in [-0.3, -0.25) is 0 Å².